The number of aryl methyl sites for hydroxylation is 1. The number of anilines is 1. The number of nitrogens with one attached hydrogen (secondary N) is 2. The zero-order valence-electron chi connectivity index (χ0n) is 11.8. The highest BCUT2D eigenvalue weighted by Crippen LogP contribution is 2.29. The molecule has 0 unspecified atom stereocenters. The maximum absolute atomic E-state index is 12.2. The third kappa shape index (κ3) is 2.79. The predicted octanol–water partition coefficient (Wildman–Crippen LogP) is 1.89. The molecule has 0 saturated carbocycles. The van der Waals surface area contributed by atoms with Gasteiger partial charge in [0.25, 0.3) is 5.91 Å². The molecular formula is C13H12N6O2S. The number of aromatic amines is 1. The number of thiazole rings is 1. The minimum atomic E-state index is -0.355. The molecule has 0 bridgehead atoms. The van der Waals surface area contributed by atoms with E-state index in [0.717, 1.165) is 21.2 Å². The summed E-state index contributed by atoms with van der Waals surface area (Å²) >= 11 is 1.45. The predicted molar refractivity (Wildman–Crippen MR) is 81.0 cm³/mol. The van der Waals surface area contributed by atoms with E-state index >= 15 is 0 Å². The summed E-state index contributed by atoms with van der Waals surface area (Å²) in [6, 6.07) is 7.51. The highest BCUT2D eigenvalue weighted by molar-refractivity contribution is 7.15. The van der Waals surface area contributed by atoms with E-state index < -0.39 is 0 Å². The van der Waals surface area contributed by atoms with E-state index in [0.29, 0.717) is 5.69 Å². The van der Waals surface area contributed by atoms with E-state index in [2.05, 4.69) is 30.9 Å². The molecule has 2 N–H and O–H groups in total. The molecule has 22 heavy (non-hydrogen) atoms. The smallest absolute Gasteiger partial charge is 0.277 e. The van der Waals surface area contributed by atoms with E-state index in [1.54, 1.807) is 7.11 Å². The molecule has 0 fully saturated rings. The molecule has 1 aromatic carbocycles. The number of carbonyl (C=O) groups excluding carboxylic acids is 1. The van der Waals surface area contributed by atoms with Crippen LogP contribution in [0.4, 0.5) is 5.95 Å². The maximum Gasteiger partial charge on any atom is 0.277 e. The Kier molecular flexibility index (Phi) is 3.79. The highest BCUT2D eigenvalue weighted by atomic mass is 32.1. The van der Waals surface area contributed by atoms with E-state index in [1.165, 1.54) is 11.3 Å². The van der Waals surface area contributed by atoms with Gasteiger partial charge in [-0.2, -0.15) is 0 Å². The summed E-state index contributed by atoms with van der Waals surface area (Å²) in [5, 5.41) is 16.2. The molecule has 0 atom stereocenters. The lowest BCUT2D eigenvalue weighted by molar-refractivity contribution is 0.102. The first-order chi connectivity index (χ1) is 10.7. The van der Waals surface area contributed by atoms with E-state index in [4.69, 9.17) is 4.74 Å². The molecule has 9 heteroatoms. The summed E-state index contributed by atoms with van der Waals surface area (Å²) in [7, 11) is 1.61. The van der Waals surface area contributed by atoms with Crippen LogP contribution in [0.25, 0.3) is 10.6 Å². The molecule has 0 radical (unpaired) electrons. The number of rotatable bonds is 4. The summed E-state index contributed by atoms with van der Waals surface area (Å²) in [4.78, 5) is 17.4. The summed E-state index contributed by atoms with van der Waals surface area (Å²) in [6.45, 7) is 1.85. The van der Waals surface area contributed by atoms with Crippen molar-refractivity contribution in [3.63, 3.8) is 0 Å². The van der Waals surface area contributed by atoms with Crippen LogP contribution >= 0.6 is 11.3 Å². The lowest BCUT2D eigenvalue weighted by atomic mass is 10.2. The highest BCUT2D eigenvalue weighted by Gasteiger charge is 2.17. The molecule has 112 valence electrons. The van der Waals surface area contributed by atoms with Crippen LogP contribution in [0.1, 0.15) is 15.4 Å². The first-order valence-corrected chi connectivity index (χ1v) is 7.16. The molecule has 3 rings (SSSR count). The average Bonchev–Trinajstić information content (AvgIpc) is 3.17. The van der Waals surface area contributed by atoms with Gasteiger partial charge in [0.2, 0.25) is 5.95 Å². The summed E-state index contributed by atoms with van der Waals surface area (Å²) in [5.41, 5.74) is 1.28. The number of nitrogens with zero attached hydrogens (tertiary/aromatic N) is 4. The number of amides is 1. The van der Waals surface area contributed by atoms with Gasteiger partial charge in [-0.05, 0) is 41.6 Å². The third-order valence-corrected chi connectivity index (χ3v) is 3.95. The Labute approximate surface area is 129 Å². The summed E-state index contributed by atoms with van der Waals surface area (Å²) in [6.07, 6.45) is 0. The van der Waals surface area contributed by atoms with Crippen LogP contribution < -0.4 is 10.1 Å². The summed E-state index contributed by atoms with van der Waals surface area (Å²) in [5.74, 6) is 0.600. The Morgan fingerprint density at radius 2 is 2.09 bits per heavy atom. The van der Waals surface area contributed by atoms with Crippen molar-refractivity contribution in [1.29, 1.82) is 0 Å². The van der Waals surface area contributed by atoms with Gasteiger partial charge in [-0.3, -0.25) is 10.1 Å². The van der Waals surface area contributed by atoms with Crippen LogP contribution in [0.2, 0.25) is 0 Å². The van der Waals surface area contributed by atoms with Crippen LogP contribution in [0.3, 0.4) is 0 Å². The van der Waals surface area contributed by atoms with Gasteiger partial charge >= 0.3 is 0 Å². The first kappa shape index (κ1) is 14.1. The minimum absolute atomic E-state index is 0.184. The topological polar surface area (TPSA) is 106 Å². The quantitative estimate of drug-likeness (QED) is 0.761. The van der Waals surface area contributed by atoms with E-state index in [1.807, 2.05) is 31.2 Å². The van der Waals surface area contributed by atoms with Gasteiger partial charge in [-0.25, -0.2) is 10.1 Å². The van der Waals surface area contributed by atoms with Gasteiger partial charge in [0.1, 0.15) is 16.5 Å². The number of tetrazole rings is 1. The molecule has 0 aliphatic rings. The Bertz CT molecular complexity index is 781. The van der Waals surface area contributed by atoms with Gasteiger partial charge < -0.3 is 4.74 Å². The molecule has 1 amide bonds. The number of hydrogen-bond acceptors (Lipinski definition) is 7. The fraction of sp³-hybridized carbons (Fsp3) is 0.154. The number of hydrogen-bond donors (Lipinski definition) is 2. The minimum Gasteiger partial charge on any atom is -0.497 e. The molecule has 0 aliphatic heterocycles. The Morgan fingerprint density at radius 3 is 2.73 bits per heavy atom. The number of aromatic nitrogens is 5. The van der Waals surface area contributed by atoms with Crippen LogP contribution in [0.5, 0.6) is 5.75 Å². The van der Waals surface area contributed by atoms with Gasteiger partial charge in [0.05, 0.1) is 7.11 Å². The fourth-order valence-corrected chi connectivity index (χ4v) is 2.76. The van der Waals surface area contributed by atoms with Crippen LogP contribution in [0, 0.1) is 6.92 Å². The molecule has 2 aromatic heterocycles. The normalized spacial score (nSPS) is 10.5. The Morgan fingerprint density at radius 1 is 1.32 bits per heavy atom. The molecule has 0 aliphatic carbocycles. The molecule has 0 saturated heterocycles. The van der Waals surface area contributed by atoms with Crippen molar-refractivity contribution < 1.29 is 9.53 Å². The average molecular weight is 316 g/mol. The zero-order chi connectivity index (χ0) is 15.5. The number of ether oxygens (including phenoxy) is 1. The molecule has 0 spiro atoms. The van der Waals surface area contributed by atoms with Crippen molar-refractivity contribution in [2.75, 3.05) is 12.4 Å². The second kappa shape index (κ2) is 5.90. The van der Waals surface area contributed by atoms with Crippen LogP contribution in [0.15, 0.2) is 24.3 Å². The summed E-state index contributed by atoms with van der Waals surface area (Å²) < 4.78 is 5.13. The second-order valence-electron chi connectivity index (χ2n) is 4.36. The van der Waals surface area contributed by atoms with E-state index in [9.17, 15) is 4.79 Å². The standard InChI is InChI=1S/C13H12N6O2S/c1-7-10(11(20)15-13-16-18-19-17-13)14-12(22-7)8-3-5-9(21-2)6-4-8/h3-6H,1-2H3,(H2,15,16,17,18,19,20). The van der Waals surface area contributed by atoms with Crippen molar-refractivity contribution >= 4 is 23.2 Å². The lowest BCUT2D eigenvalue weighted by Crippen LogP contribution is -2.14. The van der Waals surface area contributed by atoms with Crippen molar-refractivity contribution in [3.8, 4) is 16.3 Å². The number of benzene rings is 1. The van der Waals surface area contributed by atoms with Gasteiger partial charge in [0.15, 0.2) is 0 Å². The fourth-order valence-electron chi connectivity index (χ4n) is 1.84. The van der Waals surface area contributed by atoms with Crippen molar-refractivity contribution in [2.45, 2.75) is 6.92 Å². The SMILES string of the molecule is COc1ccc(-c2nc(C(=O)Nc3nnn[nH]3)c(C)s2)cc1. The van der Waals surface area contributed by atoms with E-state index in [-0.39, 0.29) is 11.9 Å². The van der Waals surface area contributed by atoms with Gasteiger partial charge in [0, 0.05) is 10.4 Å². The van der Waals surface area contributed by atoms with Crippen molar-refractivity contribution in [2.24, 2.45) is 0 Å². The van der Waals surface area contributed by atoms with Gasteiger partial charge in [-0.15, -0.1) is 11.3 Å². The lowest BCUT2D eigenvalue weighted by Gasteiger charge is -2.00. The number of methoxy groups -OCH3 is 1. The molecule has 8 nitrogen and oxygen atoms in total. The maximum atomic E-state index is 12.2. The van der Waals surface area contributed by atoms with Crippen LogP contribution in [-0.4, -0.2) is 38.6 Å². The van der Waals surface area contributed by atoms with Crippen LogP contribution in [-0.2, 0) is 0 Å². The zero-order valence-corrected chi connectivity index (χ0v) is 12.6. The Balaban J connectivity index is 1.84. The molecular weight excluding hydrogens is 304 g/mol. The number of carbonyl (C=O) groups is 1. The molecule has 2 heterocycles. The second-order valence-corrected chi connectivity index (χ2v) is 5.56. The molecule has 3 aromatic rings. The van der Waals surface area contributed by atoms with Crippen molar-refractivity contribution in [1.82, 2.24) is 25.6 Å². The largest absolute Gasteiger partial charge is 0.497 e. The Hall–Kier alpha value is -2.81. The third-order valence-electron chi connectivity index (χ3n) is 2.93. The first-order valence-electron chi connectivity index (χ1n) is 6.34. The monoisotopic (exact) mass is 316 g/mol. The van der Waals surface area contributed by atoms with Crippen molar-refractivity contribution in [3.05, 3.63) is 34.8 Å². The number of H-pyrrole nitrogens is 1. The van der Waals surface area contributed by atoms with Gasteiger partial charge in [-0.1, -0.05) is 5.10 Å².